The minimum Gasteiger partial charge on any atom is -0.493 e. The monoisotopic (exact) mass is 480 g/mol. The first kappa shape index (κ1) is 24.4. The van der Waals surface area contributed by atoms with E-state index >= 15 is 0 Å². The zero-order valence-electron chi connectivity index (χ0n) is 20.6. The number of methoxy groups -OCH3 is 3. The number of carbonyl (C=O) groups excluding carboxylic acids is 2. The van der Waals surface area contributed by atoms with Gasteiger partial charge in [0, 0.05) is 30.7 Å². The SMILES string of the molecule is COc1cc(NC(=O)NC2N=C(C3CCCCC3)c3ccccc3N(C)C2=O)cc(OC)c1OC. The van der Waals surface area contributed by atoms with Crippen molar-refractivity contribution in [2.75, 3.05) is 38.6 Å². The largest absolute Gasteiger partial charge is 0.493 e. The predicted octanol–water partition coefficient (Wildman–Crippen LogP) is 4.21. The van der Waals surface area contributed by atoms with Gasteiger partial charge in [-0.25, -0.2) is 4.79 Å². The summed E-state index contributed by atoms with van der Waals surface area (Å²) in [6, 6.07) is 10.5. The van der Waals surface area contributed by atoms with Gasteiger partial charge in [0.2, 0.25) is 11.9 Å². The molecule has 2 N–H and O–H groups in total. The zero-order valence-corrected chi connectivity index (χ0v) is 20.6. The highest BCUT2D eigenvalue weighted by Crippen LogP contribution is 2.40. The average Bonchev–Trinajstić information content (AvgIpc) is 2.99. The van der Waals surface area contributed by atoms with Crippen molar-refractivity contribution in [2.45, 2.75) is 38.3 Å². The lowest BCUT2D eigenvalue weighted by molar-refractivity contribution is -0.119. The summed E-state index contributed by atoms with van der Waals surface area (Å²) in [4.78, 5) is 32.7. The maximum atomic E-state index is 13.3. The molecular weight excluding hydrogens is 448 g/mol. The zero-order chi connectivity index (χ0) is 24.9. The van der Waals surface area contributed by atoms with Crippen molar-refractivity contribution in [2.24, 2.45) is 10.9 Å². The van der Waals surface area contributed by atoms with Crippen molar-refractivity contribution in [1.82, 2.24) is 5.32 Å². The van der Waals surface area contributed by atoms with E-state index in [9.17, 15) is 9.59 Å². The molecule has 1 aliphatic carbocycles. The van der Waals surface area contributed by atoms with E-state index in [0.717, 1.165) is 42.6 Å². The highest BCUT2D eigenvalue weighted by molar-refractivity contribution is 6.14. The Kier molecular flexibility index (Phi) is 7.43. The summed E-state index contributed by atoms with van der Waals surface area (Å²) in [6.45, 7) is 0. The summed E-state index contributed by atoms with van der Waals surface area (Å²) >= 11 is 0. The Morgan fingerprint density at radius 2 is 1.66 bits per heavy atom. The van der Waals surface area contributed by atoms with Gasteiger partial charge in [-0.2, -0.15) is 0 Å². The van der Waals surface area contributed by atoms with Crippen molar-refractivity contribution < 1.29 is 23.8 Å². The van der Waals surface area contributed by atoms with E-state index in [1.807, 2.05) is 24.3 Å². The number of benzene rings is 2. The van der Waals surface area contributed by atoms with E-state index in [4.69, 9.17) is 19.2 Å². The number of hydrogen-bond acceptors (Lipinski definition) is 6. The normalized spacial score (nSPS) is 18.2. The number of para-hydroxylation sites is 1. The minimum absolute atomic E-state index is 0.256. The number of nitrogens with zero attached hydrogens (tertiary/aromatic N) is 2. The standard InChI is InChI=1S/C26H32N4O5/c1-30-19-13-9-8-12-18(19)22(16-10-6-5-7-11-16)28-24(25(30)31)29-26(32)27-17-14-20(33-2)23(35-4)21(15-17)34-3/h8-9,12-16,24H,5-7,10-11H2,1-4H3,(H2,27,29,32). The van der Waals surface area contributed by atoms with E-state index in [1.165, 1.54) is 27.8 Å². The number of fused-ring (bicyclic) bond motifs is 1. The highest BCUT2D eigenvalue weighted by Gasteiger charge is 2.33. The van der Waals surface area contributed by atoms with Gasteiger partial charge >= 0.3 is 6.03 Å². The van der Waals surface area contributed by atoms with Crippen LogP contribution in [0.15, 0.2) is 41.4 Å². The molecule has 1 saturated carbocycles. The van der Waals surface area contributed by atoms with Crippen LogP contribution in [0.1, 0.15) is 37.7 Å². The van der Waals surface area contributed by atoms with Gasteiger partial charge in [0.15, 0.2) is 11.5 Å². The molecular formula is C26H32N4O5. The molecule has 3 amide bonds. The first-order chi connectivity index (χ1) is 17.0. The van der Waals surface area contributed by atoms with Crippen molar-refractivity contribution in [3.63, 3.8) is 0 Å². The van der Waals surface area contributed by atoms with Crippen LogP contribution in [0.3, 0.4) is 0 Å². The van der Waals surface area contributed by atoms with Gasteiger partial charge in [0.1, 0.15) is 0 Å². The van der Waals surface area contributed by atoms with Gasteiger partial charge in [0.05, 0.1) is 38.4 Å². The third-order valence-electron chi connectivity index (χ3n) is 6.56. The second-order valence-corrected chi connectivity index (χ2v) is 8.68. The Morgan fingerprint density at radius 1 is 1.00 bits per heavy atom. The molecule has 2 aromatic rings. The molecule has 1 atom stereocenters. The van der Waals surface area contributed by atoms with E-state index in [1.54, 1.807) is 24.1 Å². The molecule has 1 aliphatic heterocycles. The van der Waals surface area contributed by atoms with Crippen LogP contribution in [0.4, 0.5) is 16.2 Å². The van der Waals surface area contributed by atoms with Gasteiger partial charge in [-0.05, 0) is 18.9 Å². The molecule has 1 fully saturated rings. The molecule has 4 rings (SSSR count). The van der Waals surface area contributed by atoms with Crippen LogP contribution >= 0.6 is 0 Å². The van der Waals surface area contributed by atoms with Crippen LogP contribution in [-0.2, 0) is 4.79 Å². The number of hydrogen-bond donors (Lipinski definition) is 2. The fourth-order valence-electron chi connectivity index (χ4n) is 4.79. The first-order valence-corrected chi connectivity index (χ1v) is 11.8. The molecule has 2 aromatic carbocycles. The Balaban J connectivity index is 1.61. The molecule has 0 radical (unpaired) electrons. The number of urea groups is 1. The molecule has 1 unspecified atom stereocenters. The van der Waals surface area contributed by atoms with Crippen LogP contribution in [0.2, 0.25) is 0 Å². The van der Waals surface area contributed by atoms with Crippen molar-refractivity contribution in [3.05, 3.63) is 42.0 Å². The van der Waals surface area contributed by atoms with Gasteiger partial charge in [-0.1, -0.05) is 37.5 Å². The lowest BCUT2D eigenvalue weighted by Gasteiger charge is -2.25. The third kappa shape index (κ3) is 5.03. The summed E-state index contributed by atoms with van der Waals surface area (Å²) < 4.78 is 16.0. The lowest BCUT2D eigenvalue weighted by atomic mass is 9.83. The third-order valence-corrected chi connectivity index (χ3v) is 6.56. The maximum Gasteiger partial charge on any atom is 0.321 e. The topological polar surface area (TPSA) is 101 Å². The van der Waals surface area contributed by atoms with E-state index in [-0.39, 0.29) is 11.8 Å². The van der Waals surface area contributed by atoms with E-state index in [2.05, 4.69) is 10.6 Å². The molecule has 2 aliphatic rings. The number of rotatable bonds is 6. The van der Waals surface area contributed by atoms with E-state index in [0.29, 0.717) is 22.9 Å². The summed E-state index contributed by atoms with van der Waals surface area (Å²) in [6.07, 6.45) is 4.48. The second kappa shape index (κ2) is 10.7. The smallest absolute Gasteiger partial charge is 0.321 e. The van der Waals surface area contributed by atoms with Gasteiger partial charge in [0.25, 0.3) is 5.91 Å². The van der Waals surface area contributed by atoms with Gasteiger partial charge < -0.3 is 29.7 Å². The lowest BCUT2D eigenvalue weighted by Crippen LogP contribution is -2.47. The van der Waals surface area contributed by atoms with E-state index < -0.39 is 12.2 Å². The fourth-order valence-corrected chi connectivity index (χ4v) is 4.79. The van der Waals surface area contributed by atoms with Gasteiger partial charge in [-0.3, -0.25) is 9.79 Å². The minimum atomic E-state index is -1.05. The summed E-state index contributed by atoms with van der Waals surface area (Å²) in [5.41, 5.74) is 3.06. The number of benzodiazepines with no additional fused rings is 1. The predicted molar refractivity (Wildman–Crippen MR) is 135 cm³/mol. The molecule has 0 saturated heterocycles. The van der Waals surface area contributed by atoms with Crippen LogP contribution in [0.5, 0.6) is 17.2 Å². The summed E-state index contributed by atoms with van der Waals surface area (Å²) in [5.74, 6) is 1.18. The second-order valence-electron chi connectivity index (χ2n) is 8.68. The van der Waals surface area contributed by atoms with Crippen molar-refractivity contribution in [1.29, 1.82) is 0 Å². The maximum absolute atomic E-state index is 13.3. The van der Waals surface area contributed by atoms with Crippen molar-refractivity contribution in [3.8, 4) is 17.2 Å². The number of likely N-dealkylation sites (N-methyl/N-ethyl adjacent to an activating group) is 1. The summed E-state index contributed by atoms with van der Waals surface area (Å²) in [5, 5.41) is 5.51. The van der Waals surface area contributed by atoms with Crippen LogP contribution in [-0.4, -0.2) is 52.2 Å². The Hall–Kier alpha value is -3.75. The van der Waals surface area contributed by atoms with Gasteiger partial charge in [-0.15, -0.1) is 0 Å². The Labute approximate surface area is 205 Å². The molecule has 0 spiro atoms. The summed E-state index contributed by atoms with van der Waals surface area (Å²) in [7, 11) is 6.22. The van der Waals surface area contributed by atoms with Crippen LogP contribution in [0, 0.1) is 5.92 Å². The fraction of sp³-hybridized carbons (Fsp3) is 0.423. The van der Waals surface area contributed by atoms with Crippen LogP contribution in [0.25, 0.3) is 0 Å². The first-order valence-electron chi connectivity index (χ1n) is 11.8. The average molecular weight is 481 g/mol. The Morgan fingerprint density at radius 3 is 2.29 bits per heavy atom. The number of carbonyl (C=O) groups is 2. The number of aliphatic imine (C=N–C) groups is 1. The molecule has 9 heteroatoms. The number of ether oxygens (including phenoxy) is 3. The molecule has 0 bridgehead atoms. The molecule has 186 valence electrons. The quantitative estimate of drug-likeness (QED) is 0.645. The number of anilines is 2. The molecule has 1 heterocycles. The van der Waals surface area contributed by atoms with Crippen molar-refractivity contribution >= 4 is 29.0 Å². The molecule has 9 nitrogen and oxygen atoms in total. The number of nitrogens with one attached hydrogen (secondary N) is 2. The Bertz CT molecular complexity index is 1100. The number of amides is 3. The molecule has 35 heavy (non-hydrogen) atoms. The van der Waals surface area contributed by atoms with Crippen LogP contribution < -0.4 is 29.7 Å². The highest BCUT2D eigenvalue weighted by atomic mass is 16.5. The molecule has 0 aromatic heterocycles.